The standard InChI is InChI=1S/C16H23N3O2/c20-16(13-18-8-3-6-17-7-9-18)19-10-11-21-15-5-2-1-4-14(15)12-19/h1-2,4-5,17H,3,6-13H2. The third-order valence-corrected chi connectivity index (χ3v) is 4.10. The van der Waals surface area contributed by atoms with Crippen molar-refractivity contribution in [1.82, 2.24) is 15.1 Å². The average molecular weight is 289 g/mol. The van der Waals surface area contributed by atoms with E-state index in [4.69, 9.17) is 4.74 Å². The molecule has 1 aromatic carbocycles. The summed E-state index contributed by atoms with van der Waals surface area (Å²) < 4.78 is 5.72. The lowest BCUT2D eigenvalue weighted by atomic mass is 10.2. The Bertz CT molecular complexity index is 484. The van der Waals surface area contributed by atoms with Crippen LogP contribution in [0.15, 0.2) is 24.3 Å². The molecule has 1 amide bonds. The molecule has 0 saturated carbocycles. The summed E-state index contributed by atoms with van der Waals surface area (Å²) in [6.07, 6.45) is 1.11. The minimum absolute atomic E-state index is 0.206. The lowest BCUT2D eigenvalue weighted by molar-refractivity contribution is -0.133. The molecular weight excluding hydrogens is 266 g/mol. The third kappa shape index (κ3) is 3.74. The number of ether oxygens (including phenoxy) is 1. The first kappa shape index (κ1) is 14.4. The second kappa shape index (κ2) is 6.91. The Kier molecular flexibility index (Phi) is 4.72. The van der Waals surface area contributed by atoms with E-state index >= 15 is 0 Å². The molecule has 1 fully saturated rings. The maximum absolute atomic E-state index is 12.5. The van der Waals surface area contributed by atoms with Gasteiger partial charge in [-0.2, -0.15) is 0 Å². The number of para-hydroxylation sites is 1. The van der Waals surface area contributed by atoms with E-state index in [1.54, 1.807) is 0 Å². The van der Waals surface area contributed by atoms with Crippen molar-refractivity contribution in [1.29, 1.82) is 0 Å². The molecule has 1 saturated heterocycles. The molecule has 0 spiro atoms. The number of carbonyl (C=O) groups is 1. The number of nitrogens with zero attached hydrogens (tertiary/aromatic N) is 2. The van der Waals surface area contributed by atoms with E-state index < -0.39 is 0 Å². The predicted octanol–water partition coefficient (Wildman–Crippen LogP) is 0.703. The first-order valence-corrected chi connectivity index (χ1v) is 7.74. The van der Waals surface area contributed by atoms with Crippen LogP contribution in [0.25, 0.3) is 0 Å². The lowest BCUT2D eigenvalue weighted by Crippen LogP contribution is -2.42. The zero-order valence-corrected chi connectivity index (χ0v) is 12.4. The van der Waals surface area contributed by atoms with Gasteiger partial charge in [0.15, 0.2) is 0 Å². The molecule has 3 rings (SSSR count). The zero-order valence-electron chi connectivity index (χ0n) is 12.4. The van der Waals surface area contributed by atoms with Gasteiger partial charge in [-0.25, -0.2) is 0 Å². The summed E-state index contributed by atoms with van der Waals surface area (Å²) in [7, 11) is 0. The molecule has 1 N–H and O–H groups in total. The molecule has 0 bridgehead atoms. The van der Waals surface area contributed by atoms with Gasteiger partial charge in [-0.05, 0) is 25.6 Å². The molecule has 5 nitrogen and oxygen atoms in total. The van der Waals surface area contributed by atoms with Crippen molar-refractivity contribution in [3.8, 4) is 5.75 Å². The molecule has 5 heteroatoms. The Labute approximate surface area is 125 Å². The second-order valence-electron chi connectivity index (χ2n) is 5.65. The van der Waals surface area contributed by atoms with Gasteiger partial charge in [-0.15, -0.1) is 0 Å². The quantitative estimate of drug-likeness (QED) is 0.871. The van der Waals surface area contributed by atoms with E-state index in [1.165, 1.54) is 0 Å². The topological polar surface area (TPSA) is 44.8 Å². The summed E-state index contributed by atoms with van der Waals surface area (Å²) in [4.78, 5) is 16.7. The van der Waals surface area contributed by atoms with Crippen LogP contribution in [-0.2, 0) is 11.3 Å². The Morgan fingerprint density at radius 3 is 3.05 bits per heavy atom. The summed E-state index contributed by atoms with van der Waals surface area (Å²) in [5, 5.41) is 3.37. The smallest absolute Gasteiger partial charge is 0.237 e. The van der Waals surface area contributed by atoms with Crippen LogP contribution in [0.2, 0.25) is 0 Å². The Hall–Kier alpha value is -1.59. The molecule has 2 aliphatic rings. The second-order valence-corrected chi connectivity index (χ2v) is 5.65. The molecule has 0 aliphatic carbocycles. The SMILES string of the molecule is O=C(CN1CCCNCC1)N1CCOc2ccccc2C1. The van der Waals surface area contributed by atoms with Crippen LogP contribution in [0, 0.1) is 0 Å². The Balaban J connectivity index is 1.62. The van der Waals surface area contributed by atoms with Crippen LogP contribution in [-0.4, -0.2) is 61.6 Å². The number of fused-ring (bicyclic) bond motifs is 1. The van der Waals surface area contributed by atoms with E-state index in [0.29, 0.717) is 26.2 Å². The normalized spacial score (nSPS) is 20.1. The number of rotatable bonds is 2. The first-order chi connectivity index (χ1) is 10.3. The van der Waals surface area contributed by atoms with E-state index in [0.717, 1.165) is 43.9 Å². The van der Waals surface area contributed by atoms with E-state index in [1.807, 2.05) is 29.2 Å². The fourth-order valence-corrected chi connectivity index (χ4v) is 2.89. The van der Waals surface area contributed by atoms with Crippen molar-refractivity contribution in [3.05, 3.63) is 29.8 Å². The lowest BCUT2D eigenvalue weighted by Gasteiger charge is -2.25. The minimum atomic E-state index is 0.206. The number of hydrogen-bond acceptors (Lipinski definition) is 4. The largest absolute Gasteiger partial charge is 0.491 e. The van der Waals surface area contributed by atoms with Gasteiger partial charge in [-0.1, -0.05) is 18.2 Å². The van der Waals surface area contributed by atoms with Crippen LogP contribution < -0.4 is 10.1 Å². The minimum Gasteiger partial charge on any atom is -0.491 e. The first-order valence-electron chi connectivity index (χ1n) is 7.74. The maximum Gasteiger partial charge on any atom is 0.237 e. The zero-order chi connectivity index (χ0) is 14.5. The van der Waals surface area contributed by atoms with E-state index in [-0.39, 0.29) is 5.91 Å². The summed E-state index contributed by atoms with van der Waals surface area (Å²) in [5.74, 6) is 1.11. The summed E-state index contributed by atoms with van der Waals surface area (Å²) in [5.41, 5.74) is 1.10. The van der Waals surface area contributed by atoms with E-state index in [2.05, 4.69) is 10.2 Å². The van der Waals surface area contributed by atoms with Crippen molar-refractivity contribution in [2.24, 2.45) is 0 Å². The van der Waals surface area contributed by atoms with Gasteiger partial charge < -0.3 is 15.0 Å². The molecule has 0 atom stereocenters. The highest BCUT2D eigenvalue weighted by molar-refractivity contribution is 5.78. The van der Waals surface area contributed by atoms with Crippen LogP contribution in [0.5, 0.6) is 5.75 Å². The van der Waals surface area contributed by atoms with E-state index in [9.17, 15) is 4.79 Å². The number of carbonyl (C=O) groups excluding carboxylic acids is 1. The molecule has 114 valence electrons. The number of benzene rings is 1. The number of amides is 1. The van der Waals surface area contributed by atoms with Gasteiger partial charge in [0.2, 0.25) is 5.91 Å². The van der Waals surface area contributed by atoms with Crippen molar-refractivity contribution < 1.29 is 9.53 Å². The van der Waals surface area contributed by atoms with Gasteiger partial charge in [0.05, 0.1) is 13.1 Å². The van der Waals surface area contributed by atoms with Crippen LogP contribution in [0.1, 0.15) is 12.0 Å². The molecule has 2 aliphatic heterocycles. The third-order valence-electron chi connectivity index (χ3n) is 4.10. The fraction of sp³-hybridized carbons (Fsp3) is 0.562. The van der Waals surface area contributed by atoms with Crippen LogP contribution in [0.4, 0.5) is 0 Å². The Morgan fingerprint density at radius 1 is 1.19 bits per heavy atom. The van der Waals surface area contributed by atoms with Crippen molar-refractivity contribution >= 4 is 5.91 Å². The van der Waals surface area contributed by atoms with Gasteiger partial charge >= 0.3 is 0 Å². The van der Waals surface area contributed by atoms with Crippen molar-refractivity contribution in [2.45, 2.75) is 13.0 Å². The maximum atomic E-state index is 12.5. The van der Waals surface area contributed by atoms with Crippen LogP contribution in [0.3, 0.4) is 0 Å². The molecule has 21 heavy (non-hydrogen) atoms. The predicted molar refractivity (Wildman–Crippen MR) is 81.3 cm³/mol. The van der Waals surface area contributed by atoms with Gasteiger partial charge in [-0.3, -0.25) is 9.69 Å². The monoisotopic (exact) mass is 289 g/mol. The highest BCUT2D eigenvalue weighted by atomic mass is 16.5. The molecule has 1 aromatic rings. The molecular formula is C16H23N3O2. The highest BCUT2D eigenvalue weighted by Gasteiger charge is 2.21. The van der Waals surface area contributed by atoms with Crippen molar-refractivity contribution in [2.75, 3.05) is 45.9 Å². The average Bonchev–Trinajstić information content (AvgIpc) is 2.87. The van der Waals surface area contributed by atoms with Crippen molar-refractivity contribution in [3.63, 3.8) is 0 Å². The van der Waals surface area contributed by atoms with Gasteiger partial charge in [0, 0.05) is 25.2 Å². The summed E-state index contributed by atoms with van der Waals surface area (Å²) in [6.45, 7) is 6.38. The van der Waals surface area contributed by atoms with Gasteiger partial charge in [0.25, 0.3) is 0 Å². The fourth-order valence-electron chi connectivity index (χ4n) is 2.89. The molecule has 2 heterocycles. The number of nitrogens with one attached hydrogen (secondary N) is 1. The van der Waals surface area contributed by atoms with Gasteiger partial charge in [0.1, 0.15) is 12.4 Å². The van der Waals surface area contributed by atoms with Crippen LogP contribution >= 0.6 is 0 Å². The Morgan fingerprint density at radius 2 is 2.10 bits per heavy atom. The highest BCUT2D eigenvalue weighted by Crippen LogP contribution is 2.22. The molecule has 0 aromatic heterocycles. The number of hydrogen-bond donors (Lipinski definition) is 1. The summed E-state index contributed by atoms with van der Waals surface area (Å²) in [6, 6.07) is 7.98. The molecule has 0 radical (unpaired) electrons. The summed E-state index contributed by atoms with van der Waals surface area (Å²) >= 11 is 0. The molecule has 0 unspecified atom stereocenters.